The average molecular weight is 158 g/mol. The first kappa shape index (κ1) is 7.10. The number of rotatable bonds is 1. The van der Waals surface area contributed by atoms with Crippen molar-refractivity contribution >= 4 is 16.6 Å². The summed E-state index contributed by atoms with van der Waals surface area (Å²) in [5.74, 6) is 0. The summed E-state index contributed by atoms with van der Waals surface area (Å²) in [5, 5.41) is 4.28. The van der Waals surface area contributed by atoms with Crippen LogP contribution in [-0.2, 0) is 0 Å². The standard InChI is InChI=1S/C10H10N2/c1-11-9-6-2-4-8-5-3-7-12-10(8)9/h2-7,11H,1H3. The fourth-order valence-electron chi connectivity index (χ4n) is 1.31. The first-order valence-corrected chi connectivity index (χ1v) is 3.93. The highest BCUT2D eigenvalue weighted by Gasteiger charge is 1.96. The van der Waals surface area contributed by atoms with Crippen molar-refractivity contribution in [2.45, 2.75) is 0 Å². The van der Waals surface area contributed by atoms with Gasteiger partial charge in [-0.3, -0.25) is 4.98 Å². The van der Waals surface area contributed by atoms with E-state index in [0.717, 1.165) is 11.2 Å². The summed E-state index contributed by atoms with van der Waals surface area (Å²) in [6, 6.07) is 10.1. The van der Waals surface area contributed by atoms with E-state index in [2.05, 4.69) is 22.4 Å². The summed E-state index contributed by atoms with van der Waals surface area (Å²) in [5.41, 5.74) is 2.11. The number of nitrogens with one attached hydrogen (secondary N) is 1. The van der Waals surface area contributed by atoms with Gasteiger partial charge in [-0.1, -0.05) is 18.2 Å². The second kappa shape index (κ2) is 2.81. The van der Waals surface area contributed by atoms with E-state index in [-0.39, 0.29) is 0 Å². The number of fused-ring (bicyclic) bond motifs is 1. The molecule has 1 aromatic heterocycles. The number of benzene rings is 1. The Labute approximate surface area is 71.2 Å². The van der Waals surface area contributed by atoms with Gasteiger partial charge in [0.25, 0.3) is 0 Å². The Morgan fingerprint density at radius 1 is 1.17 bits per heavy atom. The van der Waals surface area contributed by atoms with Gasteiger partial charge < -0.3 is 5.32 Å². The van der Waals surface area contributed by atoms with E-state index in [1.165, 1.54) is 5.39 Å². The largest absolute Gasteiger partial charge is 0.386 e. The molecule has 0 atom stereocenters. The summed E-state index contributed by atoms with van der Waals surface area (Å²) < 4.78 is 0. The van der Waals surface area contributed by atoms with E-state index in [1.807, 2.05) is 31.4 Å². The quantitative estimate of drug-likeness (QED) is 0.688. The summed E-state index contributed by atoms with van der Waals surface area (Å²) in [6.07, 6.45) is 1.81. The van der Waals surface area contributed by atoms with Gasteiger partial charge in [0.2, 0.25) is 0 Å². The Hall–Kier alpha value is -1.57. The summed E-state index contributed by atoms with van der Waals surface area (Å²) in [6.45, 7) is 0. The van der Waals surface area contributed by atoms with Crippen LogP contribution < -0.4 is 5.32 Å². The molecule has 0 amide bonds. The first-order valence-electron chi connectivity index (χ1n) is 3.93. The van der Waals surface area contributed by atoms with Gasteiger partial charge in [0.1, 0.15) is 0 Å². The minimum absolute atomic E-state index is 1.03. The van der Waals surface area contributed by atoms with Gasteiger partial charge in [0, 0.05) is 18.6 Å². The third-order valence-electron chi connectivity index (χ3n) is 1.90. The predicted molar refractivity (Wildman–Crippen MR) is 51.3 cm³/mol. The van der Waals surface area contributed by atoms with Crippen molar-refractivity contribution in [1.29, 1.82) is 0 Å². The lowest BCUT2D eigenvalue weighted by molar-refractivity contribution is 1.39. The maximum absolute atomic E-state index is 4.29. The number of hydrogen-bond acceptors (Lipinski definition) is 2. The zero-order chi connectivity index (χ0) is 8.39. The van der Waals surface area contributed by atoms with Crippen molar-refractivity contribution in [3.05, 3.63) is 36.5 Å². The van der Waals surface area contributed by atoms with Gasteiger partial charge >= 0.3 is 0 Å². The molecule has 0 bridgehead atoms. The number of aromatic nitrogens is 1. The summed E-state index contributed by atoms with van der Waals surface area (Å²) in [4.78, 5) is 4.29. The second-order valence-corrected chi connectivity index (χ2v) is 2.63. The van der Waals surface area contributed by atoms with Gasteiger partial charge in [0.15, 0.2) is 0 Å². The lowest BCUT2D eigenvalue weighted by Gasteiger charge is -2.02. The van der Waals surface area contributed by atoms with Gasteiger partial charge in [-0.05, 0) is 12.1 Å². The van der Waals surface area contributed by atoms with E-state index in [1.54, 1.807) is 0 Å². The van der Waals surface area contributed by atoms with Crippen LogP contribution in [0.25, 0.3) is 10.9 Å². The minimum atomic E-state index is 1.03. The molecule has 2 nitrogen and oxygen atoms in total. The highest BCUT2D eigenvalue weighted by Crippen LogP contribution is 2.19. The third kappa shape index (κ3) is 1.01. The Morgan fingerprint density at radius 2 is 2.00 bits per heavy atom. The SMILES string of the molecule is CNc1cccc2cccnc12. The zero-order valence-corrected chi connectivity index (χ0v) is 6.91. The molecule has 1 aromatic carbocycles. The molecule has 0 spiro atoms. The van der Waals surface area contributed by atoms with E-state index in [9.17, 15) is 0 Å². The zero-order valence-electron chi connectivity index (χ0n) is 6.91. The van der Waals surface area contributed by atoms with Crippen molar-refractivity contribution in [2.24, 2.45) is 0 Å². The fraction of sp³-hybridized carbons (Fsp3) is 0.100. The minimum Gasteiger partial charge on any atom is -0.386 e. The molecule has 0 saturated heterocycles. The van der Waals surface area contributed by atoms with Crippen molar-refractivity contribution < 1.29 is 0 Å². The molecule has 2 rings (SSSR count). The van der Waals surface area contributed by atoms with Crippen molar-refractivity contribution in [1.82, 2.24) is 4.98 Å². The van der Waals surface area contributed by atoms with Gasteiger partial charge in [0.05, 0.1) is 11.2 Å². The monoisotopic (exact) mass is 158 g/mol. The van der Waals surface area contributed by atoms with Gasteiger partial charge in [-0.2, -0.15) is 0 Å². The number of para-hydroxylation sites is 1. The van der Waals surface area contributed by atoms with Crippen molar-refractivity contribution in [2.75, 3.05) is 12.4 Å². The smallest absolute Gasteiger partial charge is 0.0933 e. The summed E-state index contributed by atoms with van der Waals surface area (Å²) >= 11 is 0. The Morgan fingerprint density at radius 3 is 2.83 bits per heavy atom. The summed E-state index contributed by atoms with van der Waals surface area (Å²) in [7, 11) is 1.91. The van der Waals surface area contributed by atoms with Crippen LogP contribution in [0.2, 0.25) is 0 Å². The third-order valence-corrected chi connectivity index (χ3v) is 1.90. The molecule has 2 heteroatoms. The molecule has 2 aromatic rings. The molecule has 0 unspecified atom stereocenters. The van der Waals surface area contributed by atoms with E-state index in [0.29, 0.717) is 0 Å². The number of pyridine rings is 1. The molecule has 0 aliphatic carbocycles. The number of hydrogen-bond donors (Lipinski definition) is 1. The average Bonchev–Trinajstić information content (AvgIpc) is 2.17. The van der Waals surface area contributed by atoms with Crippen LogP contribution in [0.5, 0.6) is 0 Å². The van der Waals surface area contributed by atoms with E-state index in [4.69, 9.17) is 0 Å². The van der Waals surface area contributed by atoms with Gasteiger partial charge in [-0.25, -0.2) is 0 Å². The van der Waals surface area contributed by atoms with Crippen LogP contribution >= 0.6 is 0 Å². The molecule has 0 saturated carbocycles. The molecule has 0 radical (unpaired) electrons. The van der Waals surface area contributed by atoms with Crippen LogP contribution in [0.4, 0.5) is 5.69 Å². The number of anilines is 1. The molecule has 1 heterocycles. The molecule has 1 N–H and O–H groups in total. The van der Waals surface area contributed by atoms with Crippen LogP contribution in [0.3, 0.4) is 0 Å². The maximum atomic E-state index is 4.29. The Kier molecular flexibility index (Phi) is 1.67. The molecular formula is C10H10N2. The van der Waals surface area contributed by atoms with Crippen LogP contribution in [0.1, 0.15) is 0 Å². The molecular weight excluding hydrogens is 148 g/mol. The topological polar surface area (TPSA) is 24.9 Å². The van der Waals surface area contributed by atoms with Crippen LogP contribution in [0, 0.1) is 0 Å². The van der Waals surface area contributed by atoms with E-state index < -0.39 is 0 Å². The normalized spacial score (nSPS) is 10.1. The highest BCUT2D eigenvalue weighted by atomic mass is 14.8. The van der Waals surface area contributed by atoms with Crippen LogP contribution in [-0.4, -0.2) is 12.0 Å². The van der Waals surface area contributed by atoms with E-state index >= 15 is 0 Å². The second-order valence-electron chi connectivity index (χ2n) is 2.63. The lowest BCUT2D eigenvalue weighted by atomic mass is 10.2. The van der Waals surface area contributed by atoms with Crippen LogP contribution in [0.15, 0.2) is 36.5 Å². The first-order chi connectivity index (χ1) is 5.92. The van der Waals surface area contributed by atoms with Gasteiger partial charge in [-0.15, -0.1) is 0 Å². The highest BCUT2D eigenvalue weighted by molar-refractivity contribution is 5.89. The molecule has 0 aliphatic rings. The molecule has 0 fully saturated rings. The fourth-order valence-corrected chi connectivity index (χ4v) is 1.31. The molecule has 60 valence electrons. The van der Waals surface area contributed by atoms with Crippen molar-refractivity contribution in [3.63, 3.8) is 0 Å². The number of nitrogens with zero attached hydrogens (tertiary/aromatic N) is 1. The molecule has 12 heavy (non-hydrogen) atoms. The maximum Gasteiger partial charge on any atom is 0.0933 e. The van der Waals surface area contributed by atoms with Crippen molar-refractivity contribution in [3.8, 4) is 0 Å². The molecule has 0 aliphatic heterocycles. The Balaban J connectivity index is 2.79. The lowest BCUT2D eigenvalue weighted by Crippen LogP contribution is -1.90. The predicted octanol–water partition coefficient (Wildman–Crippen LogP) is 2.28. The Bertz CT molecular complexity index is 390.